The number of hydrogen-bond acceptors (Lipinski definition) is 0. The van der Waals surface area contributed by atoms with Gasteiger partial charge < -0.3 is 0 Å². The topological polar surface area (TPSA) is 0 Å². The lowest BCUT2D eigenvalue weighted by molar-refractivity contribution is 1.75. The van der Waals surface area contributed by atoms with Crippen molar-refractivity contribution < 1.29 is 0 Å². The molecule has 0 fully saturated rings. The van der Waals surface area contributed by atoms with Gasteiger partial charge in [-0.1, -0.05) is 5.28 Å². The average molecular weight is 322 g/mol. The fraction of sp³-hybridized carbons (Fsp3) is 0.333. The van der Waals surface area contributed by atoms with E-state index in [4.69, 9.17) is 0 Å². The molecule has 0 aromatic carbocycles. The maximum atomic E-state index is 3.63. The molecule has 0 heterocycles. The zero-order valence-corrected chi connectivity index (χ0v) is 8.79. The second kappa shape index (κ2) is 4.88. The highest BCUT2D eigenvalue weighted by molar-refractivity contribution is 14.3. The highest BCUT2D eigenvalue weighted by Gasteiger charge is 2.01. The molecule has 0 aliphatic heterocycles. The third kappa shape index (κ3) is 5.73. The first-order chi connectivity index (χ1) is 2.77. The van der Waals surface area contributed by atoms with Crippen molar-refractivity contribution in [3.05, 3.63) is 12.7 Å². The Morgan fingerprint density at radius 3 is 2.17 bits per heavy atom. The van der Waals surface area contributed by atoms with Gasteiger partial charge in [0.25, 0.3) is 0 Å². The summed E-state index contributed by atoms with van der Waals surface area (Å²) in [5, 5.41) is 1.25. The van der Waals surface area contributed by atoms with Crippen LogP contribution in [0.2, 0.25) is 5.28 Å². The minimum Gasteiger partial charge on any atom is -0.191 e. The quantitative estimate of drug-likeness (QED) is 0.416. The van der Waals surface area contributed by atoms with Crippen molar-refractivity contribution in [2.75, 3.05) is 0 Å². The predicted molar refractivity (Wildman–Crippen MR) is 48.8 cm³/mol. The highest BCUT2D eigenvalue weighted by Crippen LogP contribution is 2.08. The van der Waals surface area contributed by atoms with Crippen LogP contribution in [-0.2, 0) is 0 Å². The van der Waals surface area contributed by atoms with Gasteiger partial charge in [-0.2, -0.15) is 40.5 Å². The van der Waals surface area contributed by atoms with Crippen molar-refractivity contribution in [1.29, 1.82) is 0 Å². The number of allylic oxidation sites excluding steroid dienone is 1. The van der Waals surface area contributed by atoms with E-state index in [0.29, 0.717) is 0 Å². The van der Waals surface area contributed by atoms with Gasteiger partial charge in [-0.15, -0.1) is 12.7 Å². The molecule has 0 rings (SSSR count). The Hall–Kier alpha value is 1.73. The molecule has 0 unspecified atom stereocenters. The van der Waals surface area contributed by atoms with Crippen molar-refractivity contribution in [1.82, 2.24) is 0 Å². The molecule has 0 N–H and O–H groups in total. The van der Waals surface area contributed by atoms with Crippen molar-refractivity contribution in [2.24, 2.45) is 0 Å². The number of halogens is 2. The summed E-state index contributed by atoms with van der Waals surface area (Å²) in [5.74, 6) is 0. The molecular weight excluding hydrogens is 317 g/mol. The fourth-order valence-electron chi connectivity index (χ4n) is 0.126. The van der Waals surface area contributed by atoms with E-state index >= 15 is 0 Å². The van der Waals surface area contributed by atoms with Gasteiger partial charge in [0.05, 0.1) is 0 Å². The van der Waals surface area contributed by atoms with E-state index in [9.17, 15) is 0 Å². The molecule has 34 valence electrons. The predicted octanol–water partition coefficient (Wildman–Crippen LogP) is 2.53. The van der Waals surface area contributed by atoms with Crippen LogP contribution in [0.1, 0.15) is 0 Å². The van der Waals surface area contributed by atoms with E-state index in [-0.39, 0.29) is 7.58 Å². The summed E-state index contributed by atoms with van der Waals surface area (Å²) >= 11 is 4.99. The Labute approximate surface area is 65.1 Å². The summed E-state index contributed by atoms with van der Waals surface area (Å²) in [4.78, 5) is 0. The molecule has 0 saturated carbocycles. The van der Waals surface area contributed by atoms with Gasteiger partial charge in [-0.25, -0.2) is 0 Å². The van der Waals surface area contributed by atoms with Gasteiger partial charge in [0, 0.05) is 0 Å². The summed E-state index contributed by atoms with van der Waals surface area (Å²) in [7, 11) is -0.349. The average Bonchev–Trinajstić information content (AvgIpc) is 1.35. The first-order valence-electron chi connectivity index (χ1n) is 1.66. The van der Waals surface area contributed by atoms with Gasteiger partial charge >= 0.3 is 7.58 Å². The van der Waals surface area contributed by atoms with Gasteiger partial charge in [0.15, 0.2) is 0 Å². The molecule has 0 bridgehead atoms. The molecule has 0 aliphatic rings. The zero-order chi connectivity index (χ0) is 4.99. The minimum atomic E-state index is -0.349. The lowest BCUT2D eigenvalue weighted by Crippen LogP contribution is -1.81. The van der Waals surface area contributed by atoms with Gasteiger partial charge in [-0.3, -0.25) is 0 Å². The molecule has 0 atom stereocenters. The maximum absolute atomic E-state index is 3.63. The Kier molecular flexibility index (Phi) is 6.29. The van der Waals surface area contributed by atoms with Crippen LogP contribution in [-0.4, -0.2) is 7.58 Å². The van der Waals surface area contributed by atoms with Crippen LogP contribution in [0.25, 0.3) is 0 Å². The summed E-state index contributed by atoms with van der Waals surface area (Å²) < 4.78 is 0. The molecule has 0 amide bonds. The third-order valence-corrected chi connectivity index (χ3v) is 4.09. The normalized spacial score (nSPS) is 7.67. The minimum absolute atomic E-state index is 0.349. The van der Waals surface area contributed by atoms with Crippen molar-refractivity contribution in [3.63, 3.8) is 0 Å². The van der Waals surface area contributed by atoms with E-state index in [1.165, 1.54) is 5.28 Å². The van der Waals surface area contributed by atoms with Crippen LogP contribution in [0.5, 0.6) is 0 Å². The van der Waals surface area contributed by atoms with Crippen molar-refractivity contribution in [3.8, 4) is 0 Å². The van der Waals surface area contributed by atoms with Crippen LogP contribution < -0.4 is 0 Å². The molecule has 0 aromatic rings. The van der Waals surface area contributed by atoms with E-state index < -0.39 is 0 Å². The first-order valence-corrected chi connectivity index (χ1v) is 10.8. The molecule has 0 saturated heterocycles. The molecule has 3 heteroatoms. The van der Waals surface area contributed by atoms with E-state index in [1.807, 2.05) is 6.08 Å². The number of hydrogen-bond donors (Lipinski definition) is 0. The molecule has 0 spiro atoms. The third-order valence-electron chi connectivity index (χ3n) is 0.345. The van der Waals surface area contributed by atoms with Crippen molar-refractivity contribution in [2.45, 2.75) is 5.28 Å². The summed E-state index contributed by atoms with van der Waals surface area (Å²) in [6, 6.07) is 0. The van der Waals surface area contributed by atoms with Crippen LogP contribution in [0, 0.1) is 0 Å². The van der Waals surface area contributed by atoms with Crippen LogP contribution >= 0.6 is 40.5 Å². The van der Waals surface area contributed by atoms with Gasteiger partial charge in [0.1, 0.15) is 0 Å². The molecule has 0 aliphatic carbocycles. The monoisotopic (exact) mass is 322 g/mol. The fourth-order valence-corrected chi connectivity index (χ4v) is 2.54. The van der Waals surface area contributed by atoms with E-state index in [1.54, 1.807) is 0 Å². The van der Waals surface area contributed by atoms with Crippen molar-refractivity contribution >= 4 is 48.1 Å². The standard InChI is InChI=1S/C3H5.Al.2HI/c1-3-2;;;/h3H,1-2H2;;2*1H/q;+2;;/p-2. The number of rotatable bonds is 2. The Morgan fingerprint density at radius 2 is 2.17 bits per heavy atom. The lowest BCUT2D eigenvalue weighted by Gasteiger charge is -1.79. The largest absolute Gasteiger partial charge is 0.449 e. The summed E-state index contributed by atoms with van der Waals surface area (Å²) in [6.45, 7) is 3.63. The van der Waals surface area contributed by atoms with Crippen LogP contribution in [0.15, 0.2) is 12.7 Å². The Balaban J connectivity index is 2.81. The van der Waals surface area contributed by atoms with Crippen LogP contribution in [0.3, 0.4) is 0 Å². The second-order valence-electron chi connectivity index (χ2n) is 0.915. The summed E-state index contributed by atoms with van der Waals surface area (Å²) in [6.07, 6.45) is 2.00. The van der Waals surface area contributed by atoms with E-state index in [0.717, 1.165) is 0 Å². The molecule has 0 aromatic heterocycles. The Bertz CT molecular complexity index is 44.1. The smallest absolute Gasteiger partial charge is 0.191 e. The Morgan fingerprint density at radius 1 is 1.67 bits per heavy atom. The molecular formula is C3H5AlI2. The molecule has 0 radical (unpaired) electrons. The summed E-state index contributed by atoms with van der Waals surface area (Å²) in [5.41, 5.74) is 0. The van der Waals surface area contributed by atoms with Gasteiger partial charge in [0.2, 0.25) is 0 Å². The zero-order valence-electron chi connectivity index (χ0n) is 3.32. The van der Waals surface area contributed by atoms with E-state index in [2.05, 4.69) is 47.1 Å². The molecule has 6 heavy (non-hydrogen) atoms. The van der Waals surface area contributed by atoms with Crippen LogP contribution in [0.4, 0.5) is 0 Å². The molecule has 0 nitrogen and oxygen atoms in total. The highest BCUT2D eigenvalue weighted by atomic mass is 127. The first kappa shape index (κ1) is 7.73. The maximum Gasteiger partial charge on any atom is 0.449 e. The second-order valence-corrected chi connectivity index (χ2v) is 18.3. The lowest BCUT2D eigenvalue weighted by atomic mass is 10.8. The SMILES string of the molecule is C=C[CH2][Al]([I])[I]. The van der Waals surface area contributed by atoms with Gasteiger partial charge in [-0.05, 0) is 0 Å².